The average molecular weight is 332 g/mol. The molecule has 1 atom stereocenters. The Morgan fingerprint density at radius 1 is 1.35 bits per heavy atom. The van der Waals surface area contributed by atoms with Gasteiger partial charge in [-0.25, -0.2) is 0 Å². The predicted molar refractivity (Wildman–Crippen MR) is 79.9 cm³/mol. The molecule has 0 radical (unpaired) electrons. The summed E-state index contributed by atoms with van der Waals surface area (Å²) in [7, 11) is 0. The average Bonchev–Trinajstić information content (AvgIpc) is 2.46. The summed E-state index contributed by atoms with van der Waals surface area (Å²) in [5.41, 5.74) is 1.94. The lowest BCUT2D eigenvalue weighted by atomic mass is 9.87. The highest BCUT2D eigenvalue weighted by atomic mass is 79.9. The van der Waals surface area contributed by atoms with E-state index in [-0.39, 0.29) is 11.7 Å². The summed E-state index contributed by atoms with van der Waals surface area (Å²) in [6, 6.07) is 9.74. The second kappa shape index (κ2) is 5.75. The summed E-state index contributed by atoms with van der Waals surface area (Å²) in [5.74, 6) is 0.990. The van der Waals surface area contributed by atoms with Crippen molar-refractivity contribution in [2.45, 2.75) is 18.8 Å². The monoisotopic (exact) mass is 331 g/mol. The van der Waals surface area contributed by atoms with Gasteiger partial charge in [-0.2, -0.15) is 0 Å². The van der Waals surface area contributed by atoms with Crippen molar-refractivity contribution in [3.63, 3.8) is 0 Å². The van der Waals surface area contributed by atoms with E-state index < -0.39 is 0 Å². The minimum absolute atomic E-state index is 0.0704. The summed E-state index contributed by atoms with van der Waals surface area (Å²) in [5, 5.41) is 0. The van der Waals surface area contributed by atoms with Gasteiger partial charge >= 0.3 is 0 Å². The molecule has 3 rings (SSSR count). The number of pyridine rings is 1. The Labute approximate surface area is 126 Å². The van der Waals surface area contributed by atoms with E-state index in [0.717, 1.165) is 27.8 Å². The van der Waals surface area contributed by atoms with Crippen molar-refractivity contribution in [2.75, 3.05) is 6.61 Å². The third-order valence-electron chi connectivity index (χ3n) is 3.49. The summed E-state index contributed by atoms with van der Waals surface area (Å²) in [6.07, 6.45) is 4.62. The molecule has 1 aromatic heterocycles. The van der Waals surface area contributed by atoms with Crippen LogP contribution in [0.25, 0.3) is 0 Å². The second-order valence-electron chi connectivity index (χ2n) is 4.88. The lowest BCUT2D eigenvalue weighted by Crippen LogP contribution is -2.22. The number of carbonyl (C=O) groups excluding carboxylic acids is 1. The molecule has 102 valence electrons. The number of hydrogen-bond donors (Lipinski definition) is 0. The zero-order valence-corrected chi connectivity index (χ0v) is 12.5. The van der Waals surface area contributed by atoms with Gasteiger partial charge in [-0.1, -0.05) is 18.2 Å². The maximum absolute atomic E-state index is 12.5. The van der Waals surface area contributed by atoms with E-state index >= 15 is 0 Å². The van der Waals surface area contributed by atoms with Crippen molar-refractivity contribution in [3.05, 3.63) is 58.3 Å². The highest BCUT2D eigenvalue weighted by Gasteiger charge is 2.27. The number of para-hydroxylation sites is 1. The Kier molecular flexibility index (Phi) is 3.83. The summed E-state index contributed by atoms with van der Waals surface area (Å²) >= 11 is 3.38. The van der Waals surface area contributed by atoms with Gasteiger partial charge < -0.3 is 4.74 Å². The zero-order chi connectivity index (χ0) is 13.9. The maximum Gasteiger partial charge on any atom is 0.145 e. The van der Waals surface area contributed by atoms with Gasteiger partial charge in [0.1, 0.15) is 11.5 Å². The van der Waals surface area contributed by atoms with Crippen molar-refractivity contribution in [3.8, 4) is 5.75 Å². The summed E-state index contributed by atoms with van der Waals surface area (Å²) < 4.78 is 6.50. The molecular formula is C16H14BrNO2. The Balaban J connectivity index is 1.82. The number of rotatable bonds is 3. The van der Waals surface area contributed by atoms with Crippen LogP contribution in [-0.2, 0) is 11.2 Å². The van der Waals surface area contributed by atoms with Gasteiger partial charge in [0.05, 0.1) is 6.61 Å². The Morgan fingerprint density at radius 3 is 3.05 bits per heavy atom. The molecule has 1 aliphatic heterocycles. The molecular weight excluding hydrogens is 318 g/mol. The fourth-order valence-electron chi connectivity index (χ4n) is 2.55. The maximum atomic E-state index is 12.5. The lowest BCUT2D eigenvalue weighted by Gasteiger charge is -2.24. The standard InChI is InChI=1S/C16H14BrNO2/c17-12-7-11(9-18-10-12)8-15(19)13-5-6-20-16-4-2-1-3-14(13)16/h1-4,7,9-10,13H,5-6,8H2. The molecule has 0 N–H and O–H groups in total. The first kappa shape index (κ1) is 13.3. The number of aromatic nitrogens is 1. The molecule has 1 unspecified atom stereocenters. The van der Waals surface area contributed by atoms with Crippen LogP contribution in [0.15, 0.2) is 47.2 Å². The van der Waals surface area contributed by atoms with Crippen LogP contribution in [0.3, 0.4) is 0 Å². The van der Waals surface area contributed by atoms with Crippen LogP contribution in [0.4, 0.5) is 0 Å². The Morgan fingerprint density at radius 2 is 2.20 bits per heavy atom. The van der Waals surface area contributed by atoms with Crippen molar-refractivity contribution < 1.29 is 9.53 Å². The first-order valence-corrected chi connectivity index (χ1v) is 7.37. The summed E-state index contributed by atoms with van der Waals surface area (Å²) in [6.45, 7) is 0.601. The number of ketones is 1. The number of ether oxygens (including phenoxy) is 1. The van der Waals surface area contributed by atoms with Crippen LogP contribution in [0.5, 0.6) is 5.75 Å². The van der Waals surface area contributed by atoms with Crippen molar-refractivity contribution in [1.29, 1.82) is 0 Å². The molecule has 0 spiro atoms. The normalized spacial score (nSPS) is 17.1. The second-order valence-corrected chi connectivity index (χ2v) is 5.80. The van der Waals surface area contributed by atoms with Crippen LogP contribution in [-0.4, -0.2) is 17.4 Å². The van der Waals surface area contributed by atoms with Gasteiger partial charge in [0.25, 0.3) is 0 Å². The quantitative estimate of drug-likeness (QED) is 0.863. The number of fused-ring (bicyclic) bond motifs is 1. The molecule has 1 aliphatic rings. The number of Topliss-reactive ketones (excluding diaryl/α,β-unsaturated/α-hetero) is 1. The van der Waals surface area contributed by atoms with Crippen LogP contribution < -0.4 is 4.74 Å². The molecule has 2 heterocycles. The number of carbonyl (C=O) groups is 1. The van der Waals surface area contributed by atoms with Crippen molar-refractivity contribution >= 4 is 21.7 Å². The highest BCUT2D eigenvalue weighted by molar-refractivity contribution is 9.10. The van der Waals surface area contributed by atoms with Crippen molar-refractivity contribution in [2.24, 2.45) is 0 Å². The number of hydrogen-bond acceptors (Lipinski definition) is 3. The number of halogens is 1. The fourth-order valence-corrected chi connectivity index (χ4v) is 2.97. The van der Waals surface area contributed by atoms with Crippen LogP contribution in [0.2, 0.25) is 0 Å². The van der Waals surface area contributed by atoms with E-state index in [1.165, 1.54) is 0 Å². The van der Waals surface area contributed by atoms with Gasteiger partial charge in [-0.3, -0.25) is 9.78 Å². The molecule has 0 saturated heterocycles. The molecule has 4 heteroatoms. The molecule has 20 heavy (non-hydrogen) atoms. The molecule has 0 aliphatic carbocycles. The molecule has 1 aromatic carbocycles. The molecule has 0 bridgehead atoms. The zero-order valence-electron chi connectivity index (χ0n) is 10.9. The fraction of sp³-hybridized carbons (Fsp3) is 0.250. The van der Waals surface area contributed by atoms with Crippen LogP contribution >= 0.6 is 15.9 Å². The van der Waals surface area contributed by atoms with Gasteiger partial charge in [0, 0.05) is 34.8 Å². The lowest BCUT2D eigenvalue weighted by molar-refractivity contribution is -0.120. The van der Waals surface area contributed by atoms with E-state index in [2.05, 4.69) is 20.9 Å². The summed E-state index contributed by atoms with van der Waals surface area (Å²) in [4.78, 5) is 16.6. The molecule has 0 saturated carbocycles. The molecule has 3 nitrogen and oxygen atoms in total. The number of benzene rings is 1. The van der Waals surface area contributed by atoms with Crippen LogP contribution in [0, 0.1) is 0 Å². The molecule has 2 aromatic rings. The van der Waals surface area contributed by atoms with E-state index in [4.69, 9.17) is 4.74 Å². The van der Waals surface area contributed by atoms with Crippen LogP contribution in [0.1, 0.15) is 23.5 Å². The minimum atomic E-state index is -0.0704. The Bertz CT molecular complexity index is 642. The van der Waals surface area contributed by atoms with Gasteiger partial charge in [0.15, 0.2) is 0 Å². The van der Waals surface area contributed by atoms with Gasteiger partial charge in [-0.05, 0) is 40.0 Å². The Hall–Kier alpha value is -1.68. The first-order valence-electron chi connectivity index (χ1n) is 6.58. The topological polar surface area (TPSA) is 39.2 Å². The SMILES string of the molecule is O=C(Cc1cncc(Br)c1)C1CCOc2ccccc21. The van der Waals surface area contributed by atoms with Gasteiger partial charge in [-0.15, -0.1) is 0 Å². The largest absolute Gasteiger partial charge is 0.493 e. The highest BCUT2D eigenvalue weighted by Crippen LogP contribution is 2.34. The van der Waals surface area contributed by atoms with E-state index in [1.807, 2.05) is 30.3 Å². The molecule has 0 amide bonds. The third kappa shape index (κ3) is 2.75. The predicted octanol–water partition coefficient (Wildman–Crippen LogP) is 3.52. The van der Waals surface area contributed by atoms with Gasteiger partial charge in [0.2, 0.25) is 0 Å². The number of nitrogens with zero attached hydrogens (tertiary/aromatic N) is 1. The van der Waals surface area contributed by atoms with Crippen molar-refractivity contribution in [1.82, 2.24) is 4.98 Å². The third-order valence-corrected chi connectivity index (χ3v) is 3.92. The smallest absolute Gasteiger partial charge is 0.145 e. The minimum Gasteiger partial charge on any atom is -0.493 e. The van der Waals surface area contributed by atoms with E-state index in [0.29, 0.717) is 13.0 Å². The first-order chi connectivity index (χ1) is 9.74. The van der Waals surface area contributed by atoms with E-state index in [1.54, 1.807) is 12.4 Å². The molecule has 0 fully saturated rings. The van der Waals surface area contributed by atoms with E-state index in [9.17, 15) is 4.79 Å².